The standard InChI is InChI=1S/C16H16ClFO2/c1-10(2)13-6-4-12(9-16(13)19-3)20-11-5-7-15(18)14(17)8-11/h4-10H,1-3H3. The van der Waals surface area contributed by atoms with Crippen LogP contribution in [0.5, 0.6) is 17.2 Å². The summed E-state index contributed by atoms with van der Waals surface area (Å²) in [6.45, 7) is 4.19. The van der Waals surface area contributed by atoms with E-state index < -0.39 is 5.82 Å². The first-order valence-electron chi connectivity index (χ1n) is 6.32. The van der Waals surface area contributed by atoms with Crippen LogP contribution in [-0.2, 0) is 0 Å². The van der Waals surface area contributed by atoms with Crippen LogP contribution < -0.4 is 9.47 Å². The largest absolute Gasteiger partial charge is 0.496 e. The first-order chi connectivity index (χ1) is 9.51. The molecule has 0 unspecified atom stereocenters. The molecule has 2 aromatic rings. The summed E-state index contributed by atoms with van der Waals surface area (Å²) in [6.07, 6.45) is 0. The molecule has 0 spiro atoms. The van der Waals surface area contributed by atoms with Crippen molar-refractivity contribution in [2.45, 2.75) is 19.8 Å². The molecule has 2 rings (SSSR count). The van der Waals surface area contributed by atoms with Crippen molar-refractivity contribution in [1.29, 1.82) is 0 Å². The Balaban J connectivity index is 2.27. The van der Waals surface area contributed by atoms with Crippen LogP contribution in [0.15, 0.2) is 36.4 Å². The molecule has 0 saturated heterocycles. The second-order valence-electron chi connectivity index (χ2n) is 4.74. The first kappa shape index (κ1) is 14.7. The molecule has 0 heterocycles. The summed E-state index contributed by atoms with van der Waals surface area (Å²) < 4.78 is 24.1. The molecule has 0 aliphatic rings. The summed E-state index contributed by atoms with van der Waals surface area (Å²) in [5.74, 6) is 1.77. The van der Waals surface area contributed by atoms with Gasteiger partial charge in [-0.25, -0.2) is 4.39 Å². The van der Waals surface area contributed by atoms with Crippen LogP contribution in [0, 0.1) is 5.82 Å². The highest BCUT2D eigenvalue weighted by molar-refractivity contribution is 6.30. The van der Waals surface area contributed by atoms with E-state index in [1.165, 1.54) is 18.2 Å². The summed E-state index contributed by atoms with van der Waals surface area (Å²) in [7, 11) is 1.62. The van der Waals surface area contributed by atoms with Gasteiger partial charge in [-0.1, -0.05) is 31.5 Å². The van der Waals surface area contributed by atoms with Crippen molar-refractivity contribution in [2.75, 3.05) is 7.11 Å². The number of hydrogen-bond acceptors (Lipinski definition) is 2. The van der Waals surface area contributed by atoms with E-state index in [-0.39, 0.29) is 5.02 Å². The Labute approximate surface area is 123 Å². The number of benzene rings is 2. The van der Waals surface area contributed by atoms with Crippen LogP contribution in [0.2, 0.25) is 5.02 Å². The van der Waals surface area contributed by atoms with E-state index in [2.05, 4.69) is 13.8 Å². The van der Waals surface area contributed by atoms with Gasteiger partial charge >= 0.3 is 0 Å². The number of methoxy groups -OCH3 is 1. The summed E-state index contributed by atoms with van der Waals surface area (Å²) in [6, 6.07) is 9.88. The van der Waals surface area contributed by atoms with Gasteiger partial charge in [0.2, 0.25) is 0 Å². The fourth-order valence-corrected chi connectivity index (χ4v) is 2.08. The molecular weight excluding hydrogens is 279 g/mol. The van der Waals surface area contributed by atoms with Gasteiger partial charge in [0.05, 0.1) is 12.1 Å². The second-order valence-corrected chi connectivity index (χ2v) is 5.14. The van der Waals surface area contributed by atoms with Crippen molar-refractivity contribution in [1.82, 2.24) is 0 Å². The molecule has 0 amide bonds. The van der Waals surface area contributed by atoms with Crippen molar-refractivity contribution >= 4 is 11.6 Å². The number of ether oxygens (including phenoxy) is 2. The van der Waals surface area contributed by atoms with Crippen molar-refractivity contribution in [3.8, 4) is 17.2 Å². The monoisotopic (exact) mass is 294 g/mol. The fourth-order valence-electron chi connectivity index (χ4n) is 1.91. The summed E-state index contributed by atoms with van der Waals surface area (Å²) in [4.78, 5) is 0. The topological polar surface area (TPSA) is 18.5 Å². The zero-order valence-electron chi connectivity index (χ0n) is 11.6. The lowest BCUT2D eigenvalue weighted by molar-refractivity contribution is 0.402. The van der Waals surface area contributed by atoms with Gasteiger partial charge < -0.3 is 9.47 Å². The van der Waals surface area contributed by atoms with E-state index in [1.807, 2.05) is 18.2 Å². The van der Waals surface area contributed by atoms with Crippen LogP contribution >= 0.6 is 11.6 Å². The van der Waals surface area contributed by atoms with Gasteiger partial charge in [0.15, 0.2) is 0 Å². The van der Waals surface area contributed by atoms with Crippen molar-refractivity contribution < 1.29 is 13.9 Å². The molecule has 0 N–H and O–H groups in total. The number of halogens is 2. The SMILES string of the molecule is COc1cc(Oc2ccc(F)c(Cl)c2)ccc1C(C)C. The fraction of sp³-hybridized carbons (Fsp3) is 0.250. The lowest BCUT2D eigenvalue weighted by atomic mass is 10.0. The Morgan fingerprint density at radius 1 is 1.05 bits per heavy atom. The summed E-state index contributed by atoms with van der Waals surface area (Å²) in [5, 5.41) is 0.0354. The summed E-state index contributed by atoms with van der Waals surface area (Å²) >= 11 is 5.73. The van der Waals surface area contributed by atoms with Crippen molar-refractivity contribution in [3.63, 3.8) is 0 Å². The predicted molar refractivity (Wildman–Crippen MR) is 78.6 cm³/mol. The highest BCUT2D eigenvalue weighted by Crippen LogP contribution is 2.33. The first-order valence-corrected chi connectivity index (χ1v) is 6.70. The van der Waals surface area contributed by atoms with E-state index >= 15 is 0 Å². The van der Waals surface area contributed by atoms with E-state index in [0.717, 1.165) is 11.3 Å². The Kier molecular flexibility index (Phi) is 4.50. The van der Waals surface area contributed by atoms with E-state index in [4.69, 9.17) is 21.1 Å². The molecule has 0 atom stereocenters. The van der Waals surface area contributed by atoms with Crippen LogP contribution in [0.4, 0.5) is 4.39 Å². The third kappa shape index (κ3) is 3.23. The molecule has 0 saturated carbocycles. The van der Waals surface area contributed by atoms with Gasteiger partial charge in [0.25, 0.3) is 0 Å². The van der Waals surface area contributed by atoms with Gasteiger partial charge in [-0.2, -0.15) is 0 Å². The molecule has 0 aromatic heterocycles. The molecule has 20 heavy (non-hydrogen) atoms. The van der Waals surface area contributed by atoms with Gasteiger partial charge in [-0.15, -0.1) is 0 Å². The van der Waals surface area contributed by atoms with E-state index in [0.29, 0.717) is 17.4 Å². The maximum absolute atomic E-state index is 13.1. The maximum atomic E-state index is 13.1. The van der Waals surface area contributed by atoms with Crippen molar-refractivity contribution in [2.24, 2.45) is 0 Å². The highest BCUT2D eigenvalue weighted by Gasteiger charge is 2.09. The minimum Gasteiger partial charge on any atom is -0.496 e. The molecule has 106 valence electrons. The molecule has 0 aliphatic heterocycles. The lowest BCUT2D eigenvalue weighted by Crippen LogP contribution is -1.95. The van der Waals surface area contributed by atoms with Gasteiger partial charge in [-0.3, -0.25) is 0 Å². The molecule has 4 heteroatoms. The maximum Gasteiger partial charge on any atom is 0.142 e. The zero-order chi connectivity index (χ0) is 14.7. The van der Waals surface area contributed by atoms with Gasteiger partial charge in [0.1, 0.15) is 23.1 Å². The lowest BCUT2D eigenvalue weighted by Gasteiger charge is -2.14. The van der Waals surface area contributed by atoms with Crippen LogP contribution in [-0.4, -0.2) is 7.11 Å². The predicted octanol–water partition coefficient (Wildman–Crippen LogP) is 5.40. The molecule has 0 bridgehead atoms. The quantitative estimate of drug-likeness (QED) is 0.751. The Hall–Kier alpha value is -1.74. The normalized spacial score (nSPS) is 10.7. The minimum absolute atomic E-state index is 0.0354. The zero-order valence-corrected chi connectivity index (χ0v) is 12.4. The minimum atomic E-state index is -0.466. The third-order valence-electron chi connectivity index (χ3n) is 2.95. The molecule has 2 nitrogen and oxygen atoms in total. The molecule has 2 aromatic carbocycles. The number of hydrogen-bond donors (Lipinski definition) is 0. The van der Waals surface area contributed by atoms with Crippen molar-refractivity contribution in [3.05, 3.63) is 52.8 Å². The summed E-state index contributed by atoms with van der Waals surface area (Å²) in [5.41, 5.74) is 1.11. The van der Waals surface area contributed by atoms with Crippen LogP contribution in [0.1, 0.15) is 25.3 Å². The highest BCUT2D eigenvalue weighted by atomic mass is 35.5. The smallest absolute Gasteiger partial charge is 0.142 e. The molecule has 0 radical (unpaired) electrons. The van der Waals surface area contributed by atoms with E-state index in [1.54, 1.807) is 7.11 Å². The molecule has 0 aliphatic carbocycles. The van der Waals surface area contributed by atoms with Crippen LogP contribution in [0.3, 0.4) is 0 Å². The van der Waals surface area contributed by atoms with Crippen LogP contribution in [0.25, 0.3) is 0 Å². The average Bonchev–Trinajstić information content (AvgIpc) is 2.42. The third-order valence-corrected chi connectivity index (χ3v) is 3.24. The molecule has 0 fully saturated rings. The van der Waals surface area contributed by atoms with E-state index in [9.17, 15) is 4.39 Å². The Bertz CT molecular complexity index is 611. The van der Waals surface area contributed by atoms with Gasteiger partial charge in [-0.05, 0) is 29.7 Å². The second kappa shape index (κ2) is 6.14. The Morgan fingerprint density at radius 3 is 2.30 bits per heavy atom. The Morgan fingerprint density at radius 2 is 1.70 bits per heavy atom. The number of rotatable bonds is 4. The average molecular weight is 295 g/mol. The van der Waals surface area contributed by atoms with Gasteiger partial charge in [0, 0.05) is 12.1 Å². The molecular formula is C16H16ClFO2.